The monoisotopic (exact) mass is 847 g/mol. The number of benzene rings is 2. The number of piperidine rings is 1. The molecule has 4 aliphatic rings. The molecule has 7 amide bonds. The highest BCUT2D eigenvalue weighted by molar-refractivity contribution is 5.98. The van der Waals surface area contributed by atoms with E-state index in [9.17, 15) is 55.5 Å². The normalized spacial score (nSPS) is 26.1. The van der Waals surface area contributed by atoms with E-state index in [-0.39, 0.29) is 43.7 Å². The Hall–Kier alpha value is -5.82. The second-order valence-corrected chi connectivity index (χ2v) is 15.5. The molecule has 0 aliphatic carbocycles. The molecule has 15 nitrogen and oxygen atoms in total. The van der Waals surface area contributed by atoms with Crippen LogP contribution in [0, 0.1) is 11.6 Å². The van der Waals surface area contributed by atoms with E-state index < -0.39 is 114 Å². The molecule has 2 aromatic carbocycles. The molecule has 0 bridgehead atoms. The van der Waals surface area contributed by atoms with Gasteiger partial charge in [0.2, 0.25) is 29.5 Å². The minimum Gasteiger partial charge on any atom is -0.458 e. The molecule has 2 aromatic rings. The molecule has 7 atom stereocenters. The molecule has 0 saturated carbocycles. The predicted octanol–water partition coefficient (Wildman–Crippen LogP) is 3.01. The Morgan fingerprint density at radius 3 is 2.02 bits per heavy atom. The second kappa shape index (κ2) is 18.2. The summed E-state index contributed by atoms with van der Waals surface area (Å²) in [5, 5.41) is 9.88. The van der Waals surface area contributed by atoms with E-state index in [1.807, 2.05) is 0 Å². The molecule has 4 heterocycles. The summed E-state index contributed by atoms with van der Waals surface area (Å²) in [6.07, 6.45) is -3.96. The number of alkyl halides is 3. The van der Waals surface area contributed by atoms with Crippen molar-refractivity contribution in [3.63, 3.8) is 0 Å². The van der Waals surface area contributed by atoms with E-state index in [0.29, 0.717) is 38.2 Å². The Bertz CT molecular complexity index is 1980. The number of amides is 7. The van der Waals surface area contributed by atoms with E-state index in [0.717, 1.165) is 36.4 Å². The highest BCUT2D eigenvalue weighted by Gasteiger charge is 2.47. The molecule has 7 unspecified atom stereocenters. The van der Waals surface area contributed by atoms with Crippen molar-refractivity contribution in [2.45, 2.75) is 114 Å². The molecule has 20 heteroatoms. The molecule has 0 aromatic heterocycles. The number of rotatable bonds is 6. The standard InChI is InChI=1S/C40H46F5N7O8/c1-21-35(55)52-16-6-9-31(52)38(58)60-22(2)32(37(57)51-15-5-8-30(51)36(56)50-14-4-3-7-29(50)34(54)46-21)49-33(53)28(19-23-17-25(41)20-26(42)18-23)48-39(59)47-27-12-10-24(11-13-27)40(43,44)45/h10-13,17-18,20-22,28-32H,3-9,14-16,19H2,1-2H3,(H,46,54)(H,49,53)(H2,47,48,59). The number of urea groups is 1. The number of carbonyl (C=O) groups excluding carboxylic acids is 7. The van der Waals surface area contributed by atoms with Crippen molar-refractivity contribution in [3.05, 3.63) is 65.2 Å². The number of esters is 1. The van der Waals surface area contributed by atoms with Crippen molar-refractivity contribution in [2.24, 2.45) is 0 Å². The number of cyclic esters (lactones) is 1. The third-order valence-corrected chi connectivity index (χ3v) is 11.2. The van der Waals surface area contributed by atoms with Gasteiger partial charge in [0.1, 0.15) is 54.0 Å². The maximum absolute atomic E-state index is 14.6. The quantitative estimate of drug-likeness (QED) is 0.253. The maximum atomic E-state index is 14.6. The summed E-state index contributed by atoms with van der Waals surface area (Å²) in [5.41, 5.74) is -1.19. The number of nitrogens with one attached hydrogen (secondary N) is 4. The van der Waals surface area contributed by atoms with E-state index >= 15 is 0 Å². The average molecular weight is 848 g/mol. The number of anilines is 1. The van der Waals surface area contributed by atoms with Gasteiger partial charge in [-0.15, -0.1) is 0 Å². The van der Waals surface area contributed by atoms with Gasteiger partial charge in [0.05, 0.1) is 5.56 Å². The summed E-state index contributed by atoms with van der Waals surface area (Å²) in [6, 6.07) is -2.92. The first-order valence-corrected chi connectivity index (χ1v) is 19.8. The molecule has 4 N–H and O–H groups in total. The number of halogens is 5. The summed E-state index contributed by atoms with van der Waals surface area (Å²) in [7, 11) is 0. The fourth-order valence-corrected chi connectivity index (χ4v) is 8.23. The van der Waals surface area contributed by atoms with Crippen molar-refractivity contribution in [1.82, 2.24) is 30.7 Å². The van der Waals surface area contributed by atoms with E-state index in [2.05, 4.69) is 21.3 Å². The van der Waals surface area contributed by atoms with Crippen LogP contribution in [0.1, 0.15) is 69.9 Å². The van der Waals surface area contributed by atoms with Gasteiger partial charge in [-0.3, -0.25) is 24.0 Å². The van der Waals surface area contributed by atoms with Crippen LogP contribution in [0.25, 0.3) is 0 Å². The largest absolute Gasteiger partial charge is 0.458 e. The van der Waals surface area contributed by atoms with Crippen LogP contribution in [0.2, 0.25) is 0 Å². The lowest BCUT2D eigenvalue weighted by Crippen LogP contribution is -2.63. The van der Waals surface area contributed by atoms with Gasteiger partial charge in [-0.25, -0.2) is 18.4 Å². The van der Waals surface area contributed by atoms with Crippen LogP contribution < -0.4 is 21.3 Å². The zero-order valence-electron chi connectivity index (χ0n) is 32.9. The molecule has 0 spiro atoms. The van der Waals surface area contributed by atoms with Gasteiger partial charge >= 0.3 is 18.2 Å². The van der Waals surface area contributed by atoms with Crippen LogP contribution >= 0.6 is 0 Å². The van der Waals surface area contributed by atoms with Crippen LogP contribution in [-0.4, -0.2) is 118 Å². The fraction of sp³-hybridized carbons (Fsp3) is 0.525. The fourth-order valence-electron chi connectivity index (χ4n) is 8.23. The minimum atomic E-state index is -4.65. The van der Waals surface area contributed by atoms with Gasteiger partial charge in [-0.2, -0.15) is 13.2 Å². The van der Waals surface area contributed by atoms with Gasteiger partial charge in [-0.1, -0.05) is 0 Å². The van der Waals surface area contributed by atoms with E-state index in [1.165, 1.54) is 28.5 Å². The summed E-state index contributed by atoms with van der Waals surface area (Å²) in [6.45, 7) is 3.23. The molecule has 0 radical (unpaired) electrons. The SMILES string of the molecule is CC1NC(=O)C2CCCCN2C(=O)C2CCCN2C(=O)C(NC(=O)C(Cc2cc(F)cc(F)c2)NC(=O)Nc2ccc(C(F)(F)F)cc2)C(C)OC(=O)C2CCCN2C1=O. The topological polar surface area (TPSA) is 187 Å². The first-order valence-electron chi connectivity index (χ1n) is 19.8. The highest BCUT2D eigenvalue weighted by atomic mass is 19.4. The maximum Gasteiger partial charge on any atom is 0.416 e. The van der Waals surface area contributed by atoms with E-state index in [4.69, 9.17) is 4.74 Å². The Labute approximate surface area is 341 Å². The van der Waals surface area contributed by atoms with Crippen molar-refractivity contribution in [1.29, 1.82) is 0 Å². The van der Waals surface area contributed by atoms with Gasteiger partial charge in [0.15, 0.2) is 0 Å². The van der Waals surface area contributed by atoms with E-state index in [1.54, 1.807) is 0 Å². The summed E-state index contributed by atoms with van der Waals surface area (Å²) in [4.78, 5) is 101. The van der Waals surface area contributed by atoms with Crippen LogP contribution in [-0.2, 0) is 46.1 Å². The number of carbonyl (C=O) groups is 7. The molecule has 60 heavy (non-hydrogen) atoms. The minimum absolute atomic E-state index is 0.0503. The average Bonchev–Trinajstić information content (AvgIpc) is 3.89. The lowest BCUT2D eigenvalue weighted by atomic mass is 9.99. The summed E-state index contributed by atoms with van der Waals surface area (Å²) >= 11 is 0. The van der Waals surface area contributed by atoms with Crippen LogP contribution in [0.5, 0.6) is 0 Å². The number of ether oxygens (including phenoxy) is 1. The zero-order valence-corrected chi connectivity index (χ0v) is 32.9. The van der Waals surface area contributed by atoms with Crippen molar-refractivity contribution in [2.75, 3.05) is 25.0 Å². The molecule has 4 aliphatic heterocycles. The smallest absolute Gasteiger partial charge is 0.416 e. The van der Waals surface area contributed by atoms with Crippen LogP contribution in [0.4, 0.5) is 32.4 Å². The Kier molecular flexibility index (Phi) is 13.3. The third-order valence-electron chi connectivity index (χ3n) is 11.2. The molecule has 4 fully saturated rings. The Morgan fingerprint density at radius 1 is 0.783 bits per heavy atom. The van der Waals surface area contributed by atoms with Gasteiger partial charge in [0.25, 0.3) is 0 Å². The first kappa shape index (κ1) is 43.8. The van der Waals surface area contributed by atoms with Crippen LogP contribution in [0.3, 0.4) is 0 Å². The number of hydrogen-bond acceptors (Lipinski definition) is 8. The Balaban J connectivity index is 1.32. The predicted molar refractivity (Wildman–Crippen MR) is 201 cm³/mol. The van der Waals surface area contributed by atoms with Gasteiger partial charge < -0.3 is 40.7 Å². The van der Waals surface area contributed by atoms with Crippen LogP contribution in [0.15, 0.2) is 42.5 Å². The molecule has 4 saturated heterocycles. The summed E-state index contributed by atoms with van der Waals surface area (Å²) < 4.78 is 73.8. The van der Waals surface area contributed by atoms with Crippen molar-refractivity contribution >= 4 is 47.2 Å². The molecule has 6 rings (SSSR count). The van der Waals surface area contributed by atoms with Crippen molar-refractivity contribution in [3.8, 4) is 0 Å². The lowest BCUT2D eigenvalue weighted by molar-refractivity contribution is -0.163. The second-order valence-electron chi connectivity index (χ2n) is 15.5. The third kappa shape index (κ3) is 9.95. The summed E-state index contributed by atoms with van der Waals surface area (Å²) in [5.74, 6) is -6.48. The highest BCUT2D eigenvalue weighted by Crippen LogP contribution is 2.30. The lowest BCUT2D eigenvalue weighted by Gasteiger charge is -2.39. The number of hydrogen-bond donors (Lipinski definition) is 4. The molecular weight excluding hydrogens is 801 g/mol. The number of nitrogens with zero attached hydrogens (tertiary/aromatic N) is 3. The molecule has 324 valence electrons. The van der Waals surface area contributed by atoms with Gasteiger partial charge in [-0.05, 0) is 101 Å². The Morgan fingerprint density at radius 2 is 1.37 bits per heavy atom. The zero-order chi connectivity index (χ0) is 43.5. The first-order chi connectivity index (χ1) is 28.4. The van der Waals surface area contributed by atoms with Crippen molar-refractivity contribution < 1.29 is 60.3 Å². The number of fused-ring (bicyclic) bond motifs is 3. The molecular formula is C40H46F5N7O8. The van der Waals surface area contributed by atoms with Gasteiger partial charge in [0, 0.05) is 37.8 Å².